The lowest BCUT2D eigenvalue weighted by Gasteiger charge is -2.17. The van der Waals surface area contributed by atoms with Crippen LogP contribution >= 0.6 is 11.6 Å². The summed E-state index contributed by atoms with van der Waals surface area (Å²) >= 11 is 5.80. The standard InChI is InChI=1S/C20H22ClNO3/c1-3-15-4-6-17(7-5-15)13-22(2)19(23)14-25-20(24)12-16-8-10-18(21)11-9-16/h4-11H,3,12-14H2,1-2H3. The van der Waals surface area contributed by atoms with Crippen molar-refractivity contribution in [2.75, 3.05) is 13.7 Å². The molecule has 1 amide bonds. The molecular formula is C20H22ClNO3. The lowest BCUT2D eigenvalue weighted by molar-refractivity contribution is -0.151. The normalized spacial score (nSPS) is 10.4. The summed E-state index contributed by atoms with van der Waals surface area (Å²) < 4.78 is 5.07. The van der Waals surface area contributed by atoms with E-state index in [0.29, 0.717) is 11.6 Å². The molecule has 2 rings (SSSR count). The number of halogens is 1. The third-order valence-electron chi connectivity index (χ3n) is 3.90. The van der Waals surface area contributed by atoms with Gasteiger partial charge < -0.3 is 9.64 Å². The smallest absolute Gasteiger partial charge is 0.310 e. The van der Waals surface area contributed by atoms with Crippen molar-refractivity contribution in [3.05, 3.63) is 70.2 Å². The molecule has 0 atom stereocenters. The number of ether oxygens (including phenoxy) is 1. The van der Waals surface area contributed by atoms with E-state index >= 15 is 0 Å². The molecule has 0 aliphatic heterocycles. The predicted molar refractivity (Wildman–Crippen MR) is 98.4 cm³/mol. The first-order valence-corrected chi connectivity index (χ1v) is 8.57. The topological polar surface area (TPSA) is 46.6 Å². The van der Waals surface area contributed by atoms with E-state index in [2.05, 4.69) is 19.1 Å². The van der Waals surface area contributed by atoms with E-state index in [-0.39, 0.29) is 18.9 Å². The molecule has 0 aliphatic carbocycles. The summed E-state index contributed by atoms with van der Waals surface area (Å²) in [6.07, 6.45) is 1.10. The number of benzene rings is 2. The molecule has 0 heterocycles. The Hall–Kier alpha value is -2.33. The van der Waals surface area contributed by atoms with E-state index in [4.69, 9.17) is 16.3 Å². The van der Waals surface area contributed by atoms with Crippen molar-refractivity contribution >= 4 is 23.5 Å². The maximum Gasteiger partial charge on any atom is 0.310 e. The summed E-state index contributed by atoms with van der Waals surface area (Å²) in [5.74, 6) is -0.666. The molecule has 0 aliphatic rings. The third-order valence-corrected chi connectivity index (χ3v) is 4.15. The lowest BCUT2D eigenvalue weighted by atomic mass is 10.1. The molecule has 5 heteroatoms. The number of carbonyl (C=O) groups is 2. The molecule has 0 fully saturated rings. The SMILES string of the molecule is CCc1ccc(CN(C)C(=O)COC(=O)Cc2ccc(Cl)cc2)cc1. The van der Waals surface area contributed by atoms with Gasteiger partial charge in [-0.05, 0) is 35.2 Å². The summed E-state index contributed by atoms with van der Waals surface area (Å²) in [4.78, 5) is 25.5. The van der Waals surface area contributed by atoms with Gasteiger partial charge in [-0.1, -0.05) is 54.9 Å². The van der Waals surface area contributed by atoms with Crippen LogP contribution in [0.1, 0.15) is 23.6 Å². The van der Waals surface area contributed by atoms with Gasteiger partial charge >= 0.3 is 5.97 Å². The molecule has 132 valence electrons. The summed E-state index contributed by atoms with van der Waals surface area (Å²) in [6, 6.07) is 15.1. The van der Waals surface area contributed by atoms with Gasteiger partial charge in [0, 0.05) is 18.6 Å². The molecular weight excluding hydrogens is 338 g/mol. The number of esters is 1. The molecule has 0 spiro atoms. The van der Waals surface area contributed by atoms with Gasteiger partial charge in [-0.3, -0.25) is 9.59 Å². The summed E-state index contributed by atoms with van der Waals surface area (Å²) in [5, 5.41) is 0.612. The van der Waals surface area contributed by atoms with E-state index in [9.17, 15) is 9.59 Å². The minimum atomic E-state index is -0.434. The fourth-order valence-electron chi connectivity index (χ4n) is 2.31. The third kappa shape index (κ3) is 6.24. The van der Waals surface area contributed by atoms with Gasteiger partial charge in [0.25, 0.3) is 5.91 Å². The fraction of sp³-hybridized carbons (Fsp3) is 0.300. The largest absolute Gasteiger partial charge is 0.455 e. The maximum absolute atomic E-state index is 12.1. The Kier molecular flexibility index (Phi) is 7.02. The van der Waals surface area contributed by atoms with Crippen LogP contribution in [0.4, 0.5) is 0 Å². The van der Waals surface area contributed by atoms with Crippen LogP contribution in [-0.4, -0.2) is 30.4 Å². The van der Waals surface area contributed by atoms with Crippen LogP contribution in [0, 0.1) is 0 Å². The van der Waals surface area contributed by atoms with E-state index in [1.165, 1.54) is 5.56 Å². The number of likely N-dealkylation sites (N-methyl/N-ethyl adjacent to an activating group) is 1. The second-order valence-electron chi connectivity index (χ2n) is 5.88. The number of hydrogen-bond donors (Lipinski definition) is 0. The van der Waals surface area contributed by atoms with Crippen LogP contribution in [0.3, 0.4) is 0 Å². The molecule has 0 saturated heterocycles. The minimum Gasteiger partial charge on any atom is -0.455 e. The van der Waals surface area contributed by atoms with Crippen LogP contribution in [0.25, 0.3) is 0 Å². The van der Waals surface area contributed by atoms with Gasteiger partial charge in [0.05, 0.1) is 6.42 Å². The van der Waals surface area contributed by atoms with E-state index in [1.807, 2.05) is 12.1 Å². The van der Waals surface area contributed by atoms with Gasteiger partial charge in [-0.25, -0.2) is 0 Å². The van der Waals surface area contributed by atoms with Crippen molar-refractivity contribution in [2.45, 2.75) is 26.3 Å². The van der Waals surface area contributed by atoms with Crippen LogP contribution in [0.15, 0.2) is 48.5 Å². The number of aryl methyl sites for hydroxylation is 1. The first-order valence-electron chi connectivity index (χ1n) is 8.19. The molecule has 25 heavy (non-hydrogen) atoms. The number of carbonyl (C=O) groups excluding carboxylic acids is 2. The van der Waals surface area contributed by atoms with Crippen LogP contribution in [-0.2, 0) is 33.7 Å². The van der Waals surface area contributed by atoms with Gasteiger partial charge in [0.2, 0.25) is 0 Å². The van der Waals surface area contributed by atoms with Crippen molar-refractivity contribution in [3.63, 3.8) is 0 Å². The second-order valence-corrected chi connectivity index (χ2v) is 6.32. The molecule has 4 nitrogen and oxygen atoms in total. The monoisotopic (exact) mass is 359 g/mol. The zero-order chi connectivity index (χ0) is 18.2. The Labute approximate surface area is 153 Å². The molecule has 0 aromatic heterocycles. The summed E-state index contributed by atoms with van der Waals surface area (Å²) in [5.41, 5.74) is 3.10. The average Bonchev–Trinajstić information content (AvgIpc) is 2.62. The minimum absolute atomic E-state index is 0.118. The summed E-state index contributed by atoms with van der Waals surface area (Å²) in [7, 11) is 1.70. The Morgan fingerprint density at radius 1 is 0.960 bits per heavy atom. The molecule has 0 N–H and O–H groups in total. The molecule has 0 radical (unpaired) electrons. The molecule has 0 bridgehead atoms. The molecule has 2 aromatic rings. The van der Waals surface area contributed by atoms with Crippen LogP contribution in [0.5, 0.6) is 0 Å². The lowest BCUT2D eigenvalue weighted by Crippen LogP contribution is -2.31. The quantitative estimate of drug-likeness (QED) is 0.709. The van der Waals surface area contributed by atoms with Crippen molar-refractivity contribution in [3.8, 4) is 0 Å². The number of hydrogen-bond acceptors (Lipinski definition) is 3. The highest BCUT2D eigenvalue weighted by Crippen LogP contribution is 2.11. The maximum atomic E-state index is 12.1. The Bertz CT molecular complexity index is 711. The number of rotatable bonds is 7. The van der Waals surface area contributed by atoms with E-state index < -0.39 is 5.97 Å². The van der Waals surface area contributed by atoms with Gasteiger partial charge in [0.15, 0.2) is 6.61 Å². The summed E-state index contributed by atoms with van der Waals surface area (Å²) in [6.45, 7) is 2.33. The van der Waals surface area contributed by atoms with Gasteiger partial charge in [0.1, 0.15) is 0 Å². The molecule has 0 saturated carbocycles. The van der Waals surface area contributed by atoms with Crippen LogP contribution < -0.4 is 0 Å². The van der Waals surface area contributed by atoms with Crippen molar-refractivity contribution < 1.29 is 14.3 Å². The Balaban J connectivity index is 1.77. The highest BCUT2D eigenvalue weighted by molar-refractivity contribution is 6.30. The van der Waals surface area contributed by atoms with Gasteiger partial charge in [-0.2, -0.15) is 0 Å². The van der Waals surface area contributed by atoms with Crippen molar-refractivity contribution in [2.24, 2.45) is 0 Å². The fourth-order valence-corrected chi connectivity index (χ4v) is 2.44. The average molecular weight is 360 g/mol. The Morgan fingerprint density at radius 2 is 1.52 bits per heavy atom. The highest BCUT2D eigenvalue weighted by Gasteiger charge is 2.13. The molecule has 2 aromatic carbocycles. The van der Waals surface area contributed by atoms with Crippen molar-refractivity contribution in [1.82, 2.24) is 4.90 Å². The van der Waals surface area contributed by atoms with E-state index in [0.717, 1.165) is 17.5 Å². The second kappa shape index (κ2) is 9.23. The first-order chi connectivity index (χ1) is 12.0. The predicted octanol–water partition coefficient (Wildman–Crippen LogP) is 3.65. The number of amides is 1. The van der Waals surface area contributed by atoms with E-state index in [1.54, 1.807) is 36.2 Å². The molecule has 0 unspecified atom stereocenters. The zero-order valence-corrected chi connectivity index (χ0v) is 15.3. The van der Waals surface area contributed by atoms with Crippen molar-refractivity contribution in [1.29, 1.82) is 0 Å². The van der Waals surface area contributed by atoms with Gasteiger partial charge in [-0.15, -0.1) is 0 Å². The zero-order valence-electron chi connectivity index (χ0n) is 14.5. The number of nitrogens with zero attached hydrogens (tertiary/aromatic N) is 1. The first kappa shape index (κ1) is 19.0. The van der Waals surface area contributed by atoms with Crippen LogP contribution in [0.2, 0.25) is 5.02 Å². The Morgan fingerprint density at radius 3 is 2.12 bits per heavy atom. The highest BCUT2D eigenvalue weighted by atomic mass is 35.5.